The maximum absolute atomic E-state index is 13.1. The number of esters is 1. The first kappa shape index (κ1) is 68.8. The molecule has 2 aliphatic heterocycles. The van der Waals surface area contributed by atoms with Gasteiger partial charge in [-0.15, -0.1) is 0 Å². The topological polar surface area (TPSA) is 214 Å². The molecule has 0 spiro atoms. The van der Waals surface area contributed by atoms with Gasteiger partial charge in [0.15, 0.2) is 12.6 Å². The molecular weight excluding hydrogens is 957 g/mol. The summed E-state index contributed by atoms with van der Waals surface area (Å²) in [6.45, 7) is 3.56. The molecule has 0 aliphatic carbocycles. The van der Waals surface area contributed by atoms with Crippen molar-refractivity contribution in [1.82, 2.24) is 0 Å². The fraction of sp³-hybridized carbons (Fsp3) is 0.820. The molecule has 0 saturated carbocycles. The number of hydrogen-bond donors (Lipinski definition) is 7. The Morgan fingerprint density at radius 1 is 0.453 bits per heavy atom. The second-order valence-electron chi connectivity index (χ2n) is 20.8. The third-order valence-electron chi connectivity index (χ3n) is 14.0. The van der Waals surface area contributed by atoms with Crippen LogP contribution in [-0.2, 0) is 33.2 Å². The fourth-order valence-corrected chi connectivity index (χ4v) is 9.21. The van der Waals surface area contributed by atoms with Gasteiger partial charge in [-0.2, -0.15) is 0 Å². The lowest BCUT2D eigenvalue weighted by Crippen LogP contribution is -2.61. The van der Waals surface area contributed by atoms with Crippen LogP contribution in [0.4, 0.5) is 0 Å². The molecule has 2 rings (SSSR count). The first-order valence-corrected chi connectivity index (χ1v) is 29.9. The van der Waals surface area contributed by atoms with Crippen LogP contribution in [0.1, 0.15) is 219 Å². The quantitative estimate of drug-likeness (QED) is 0.0172. The fourth-order valence-electron chi connectivity index (χ4n) is 9.21. The van der Waals surface area contributed by atoms with Gasteiger partial charge in [-0.3, -0.25) is 4.79 Å². The molecule has 2 heterocycles. The Balaban J connectivity index is 1.70. The third kappa shape index (κ3) is 34.3. The van der Waals surface area contributed by atoms with E-state index < -0.39 is 86.7 Å². The molecule has 14 heteroatoms. The van der Waals surface area contributed by atoms with Crippen molar-refractivity contribution in [2.45, 2.75) is 287 Å². The van der Waals surface area contributed by atoms with Crippen LogP contribution >= 0.6 is 0 Å². The largest absolute Gasteiger partial charge is 0.457 e. The highest BCUT2D eigenvalue weighted by molar-refractivity contribution is 5.69. The summed E-state index contributed by atoms with van der Waals surface area (Å²) in [5.74, 6) is -0.398. The summed E-state index contributed by atoms with van der Waals surface area (Å²) >= 11 is 0. The zero-order valence-corrected chi connectivity index (χ0v) is 46.8. The first-order valence-electron chi connectivity index (χ1n) is 29.9. The van der Waals surface area contributed by atoms with Crippen LogP contribution in [0.15, 0.2) is 60.8 Å². The molecule has 2 saturated heterocycles. The van der Waals surface area contributed by atoms with E-state index in [1.807, 2.05) is 0 Å². The second-order valence-corrected chi connectivity index (χ2v) is 20.8. The number of rotatable bonds is 48. The van der Waals surface area contributed by atoms with Gasteiger partial charge in [0.05, 0.1) is 26.4 Å². The number of hydrogen-bond acceptors (Lipinski definition) is 14. The molecule has 0 aromatic rings. The normalized spacial score (nSPS) is 25.0. The molecule has 0 radical (unpaired) electrons. The van der Waals surface area contributed by atoms with E-state index >= 15 is 0 Å². The molecular formula is C61H108O14. The molecule has 0 aromatic carbocycles. The van der Waals surface area contributed by atoms with Crippen molar-refractivity contribution >= 4 is 5.97 Å². The molecule has 0 bridgehead atoms. The number of allylic oxidation sites excluding steroid dienone is 10. The predicted octanol–water partition coefficient (Wildman–Crippen LogP) is 10.9. The standard InChI is InChI=1S/C61H108O14/c1-3-5-7-9-11-13-15-17-19-21-22-23-24-25-26-27-29-31-33-35-37-39-41-43-45-70-47-50(73-53(63)44-42-40-38-36-34-32-30-28-20-18-16-14-12-10-8-6-4-2)48-71-60-59(69)57(67)55(65)52(75-60)49-72-61-58(68)56(66)54(64)51(46-62)74-61/h6,8,12,14,18,20-22,30,32,50-52,54-62,64-69H,3-5,7,9-11,13,15-17,19,23-29,31,33-49H2,1-2H3/b8-6-,14-12-,20-18-,22-21-,32-30-. The highest BCUT2D eigenvalue weighted by Crippen LogP contribution is 2.27. The Hall–Kier alpha value is -2.31. The van der Waals surface area contributed by atoms with E-state index in [1.54, 1.807) is 0 Å². The van der Waals surface area contributed by atoms with Crippen molar-refractivity contribution < 1.29 is 69.0 Å². The number of unbranched alkanes of at least 4 members (excludes halogenated alkanes) is 24. The lowest BCUT2D eigenvalue weighted by Gasteiger charge is -2.42. The lowest BCUT2D eigenvalue weighted by atomic mass is 9.98. The number of aliphatic hydroxyl groups is 7. The van der Waals surface area contributed by atoms with E-state index in [0.29, 0.717) is 13.0 Å². The summed E-state index contributed by atoms with van der Waals surface area (Å²) in [7, 11) is 0. The van der Waals surface area contributed by atoms with Gasteiger partial charge >= 0.3 is 5.97 Å². The molecule has 0 aromatic heterocycles. The monoisotopic (exact) mass is 1060 g/mol. The maximum Gasteiger partial charge on any atom is 0.306 e. The van der Waals surface area contributed by atoms with Crippen LogP contribution in [0, 0.1) is 0 Å². The van der Waals surface area contributed by atoms with Crippen molar-refractivity contribution in [2.24, 2.45) is 0 Å². The van der Waals surface area contributed by atoms with E-state index in [4.69, 9.17) is 28.4 Å². The van der Waals surface area contributed by atoms with Crippen LogP contribution in [-0.4, -0.2) is 142 Å². The van der Waals surface area contributed by atoms with Crippen LogP contribution in [0.25, 0.3) is 0 Å². The molecule has 75 heavy (non-hydrogen) atoms. The minimum Gasteiger partial charge on any atom is -0.457 e. The van der Waals surface area contributed by atoms with E-state index in [9.17, 15) is 40.5 Å². The molecule has 11 atom stereocenters. The SMILES string of the molecule is CC/C=C\C/C=C\C/C=C\C/C=C\CCCCCCC(=O)OC(COCCCCCCCCCCCCCC/C=C\CCCCCCCCCC)COC1OC(COC2OC(CO)C(O)C(O)C2O)C(O)C(O)C1O. The first-order chi connectivity index (χ1) is 36.6. The van der Waals surface area contributed by atoms with Crippen molar-refractivity contribution in [3.63, 3.8) is 0 Å². The molecule has 14 nitrogen and oxygen atoms in total. The lowest BCUT2D eigenvalue weighted by molar-refractivity contribution is -0.332. The Labute approximate surface area is 454 Å². The van der Waals surface area contributed by atoms with Crippen LogP contribution < -0.4 is 0 Å². The third-order valence-corrected chi connectivity index (χ3v) is 14.0. The minimum atomic E-state index is -1.71. The smallest absolute Gasteiger partial charge is 0.306 e. The molecule has 436 valence electrons. The summed E-state index contributed by atoms with van der Waals surface area (Å²) in [4.78, 5) is 13.1. The Morgan fingerprint density at radius 3 is 1.37 bits per heavy atom. The summed E-state index contributed by atoms with van der Waals surface area (Å²) in [5, 5.41) is 72.4. The molecule has 2 aliphatic rings. The number of ether oxygens (including phenoxy) is 6. The predicted molar refractivity (Wildman–Crippen MR) is 298 cm³/mol. The molecule has 2 fully saturated rings. The van der Waals surface area contributed by atoms with Gasteiger partial charge in [-0.25, -0.2) is 0 Å². The molecule has 7 N–H and O–H groups in total. The van der Waals surface area contributed by atoms with Crippen molar-refractivity contribution in [1.29, 1.82) is 0 Å². The Morgan fingerprint density at radius 2 is 0.867 bits per heavy atom. The number of carbonyl (C=O) groups is 1. The second kappa shape index (κ2) is 47.7. The van der Waals surface area contributed by atoms with Crippen molar-refractivity contribution in [3.8, 4) is 0 Å². The van der Waals surface area contributed by atoms with Gasteiger partial charge in [0, 0.05) is 13.0 Å². The minimum absolute atomic E-state index is 0.0499. The van der Waals surface area contributed by atoms with E-state index in [0.717, 1.165) is 70.6 Å². The Bertz CT molecular complexity index is 1470. The number of aliphatic hydroxyl groups excluding tert-OH is 7. The van der Waals surface area contributed by atoms with Gasteiger partial charge < -0.3 is 64.2 Å². The molecule has 0 amide bonds. The average Bonchev–Trinajstić information content (AvgIpc) is 3.41. The summed E-state index contributed by atoms with van der Waals surface area (Å²) < 4.78 is 34.4. The van der Waals surface area contributed by atoms with E-state index in [2.05, 4.69) is 74.6 Å². The van der Waals surface area contributed by atoms with E-state index in [1.165, 1.54) is 122 Å². The summed E-state index contributed by atoms with van der Waals surface area (Å²) in [6.07, 6.45) is 42.9. The zero-order valence-electron chi connectivity index (χ0n) is 46.8. The van der Waals surface area contributed by atoms with Gasteiger partial charge in [-0.05, 0) is 77.0 Å². The van der Waals surface area contributed by atoms with Crippen molar-refractivity contribution in [2.75, 3.05) is 33.0 Å². The average molecular weight is 1070 g/mol. The summed E-state index contributed by atoms with van der Waals surface area (Å²) in [5.41, 5.74) is 0. The Kier molecular flexibility index (Phi) is 43.7. The van der Waals surface area contributed by atoms with Gasteiger partial charge in [0.2, 0.25) is 0 Å². The van der Waals surface area contributed by atoms with Crippen LogP contribution in [0.2, 0.25) is 0 Å². The van der Waals surface area contributed by atoms with Crippen LogP contribution in [0.5, 0.6) is 0 Å². The maximum atomic E-state index is 13.1. The van der Waals surface area contributed by atoms with Crippen LogP contribution in [0.3, 0.4) is 0 Å². The van der Waals surface area contributed by atoms with E-state index in [-0.39, 0.29) is 19.6 Å². The van der Waals surface area contributed by atoms with Gasteiger partial charge in [-0.1, -0.05) is 197 Å². The highest BCUT2D eigenvalue weighted by atomic mass is 16.7. The van der Waals surface area contributed by atoms with Gasteiger partial charge in [0.25, 0.3) is 0 Å². The molecule has 11 unspecified atom stereocenters. The van der Waals surface area contributed by atoms with Crippen molar-refractivity contribution in [3.05, 3.63) is 60.8 Å². The summed E-state index contributed by atoms with van der Waals surface area (Å²) in [6, 6.07) is 0. The highest BCUT2D eigenvalue weighted by Gasteiger charge is 2.47. The number of carbonyl (C=O) groups excluding carboxylic acids is 1. The zero-order chi connectivity index (χ0) is 54.4. The van der Waals surface area contributed by atoms with Gasteiger partial charge in [0.1, 0.15) is 54.9 Å².